The average molecular weight is 331 g/mol. The first kappa shape index (κ1) is 15.9. The molecule has 2 rings (SSSR count). The van der Waals surface area contributed by atoms with E-state index in [4.69, 9.17) is 28.9 Å². The topological polar surface area (TPSA) is 83.6 Å². The van der Waals surface area contributed by atoms with Gasteiger partial charge in [0.05, 0.1) is 21.1 Å². The van der Waals surface area contributed by atoms with E-state index in [0.29, 0.717) is 31.5 Å². The molecule has 7 heteroatoms. The highest BCUT2D eigenvalue weighted by Gasteiger charge is 2.38. The lowest BCUT2D eigenvalue weighted by Gasteiger charge is -2.36. The second kappa shape index (κ2) is 5.73. The van der Waals surface area contributed by atoms with Crippen LogP contribution in [-0.4, -0.2) is 35.0 Å². The molecule has 1 amide bonds. The summed E-state index contributed by atoms with van der Waals surface area (Å²) in [4.78, 5) is 25.2. The zero-order valence-electron chi connectivity index (χ0n) is 11.5. The van der Waals surface area contributed by atoms with Gasteiger partial charge >= 0.3 is 5.97 Å². The first-order chi connectivity index (χ1) is 9.74. The molecular formula is C14H16Cl2N2O3. The standard InChI is InChI=1S/C14H16Cl2N2O3/c1-14(13(20)21)2-4-18(5-3-14)12(19)8-6-9(15)11(17)10(16)7-8/h6-7H,2-5,17H2,1H3,(H,20,21). The molecule has 0 aliphatic carbocycles. The molecule has 1 aromatic rings. The minimum atomic E-state index is -0.826. The monoisotopic (exact) mass is 330 g/mol. The summed E-state index contributed by atoms with van der Waals surface area (Å²) in [5.41, 5.74) is 5.48. The van der Waals surface area contributed by atoms with Gasteiger partial charge in [0, 0.05) is 18.7 Å². The highest BCUT2D eigenvalue weighted by molar-refractivity contribution is 6.39. The average Bonchev–Trinajstić information content (AvgIpc) is 2.44. The van der Waals surface area contributed by atoms with Crippen LogP contribution in [0.2, 0.25) is 10.0 Å². The van der Waals surface area contributed by atoms with Gasteiger partial charge in [-0.2, -0.15) is 0 Å². The maximum atomic E-state index is 12.4. The Kier molecular flexibility index (Phi) is 4.35. The van der Waals surface area contributed by atoms with Crippen LogP contribution in [0.15, 0.2) is 12.1 Å². The number of anilines is 1. The number of carboxylic acid groups (broad SMARTS) is 1. The number of hydrogen-bond acceptors (Lipinski definition) is 3. The van der Waals surface area contributed by atoms with Crippen LogP contribution in [-0.2, 0) is 4.79 Å². The molecule has 1 aliphatic heterocycles. The third-order valence-corrected chi connectivity index (χ3v) is 4.62. The number of likely N-dealkylation sites (tertiary alicyclic amines) is 1. The van der Waals surface area contributed by atoms with Crippen molar-refractivity contribution in [2.45, 2.75) is 19.8 Å². The molecule has 1 aromatic carbocycles. The normalized spacial score (nSPS) is 17.6. The van der Waals surface area contributed by atoms with Gasteiger partial charge in [0.2, 0.25) is 0 Å². The van der Waals surface area contributed by atoms with Crippen molar-refractivity contribution in [2.24, 2.45) is 5.41 Å². The Morgan fingerprint density at radius 2 is 1.71 bits per heavy atom. The smallest absolute Gasteiger partial charge is 0.309 e. The van der Waals surface area contributed by atoms with Gasteiger partial charge in [-0.15, -0.1) is 0 Å². The number of piperidine rings is 1. The van der Waals surface area contributed by atoms with E-state index in [9.17, 15) is 14.7 Å². The van der Waals surface area contributed by atoms with E-state index >= 15 is 0 Å². The minimum Gasteiger partial charge on any atom is -0.481 e. The predicted octanol–water partition coefficient (Wildman–Crippen LogP) is 2.90. The van der Waals surface area contributed by atoms with Crippen LogP contribution in [0.25, 0.3) is 0 Å². The second-order valence-electron chi connectivity index (χ2n) is 5.51. The fourth-order valence-electron chi connectivity index (χ4n) is 2.31. The number of benzene rings is 1. The minimum absolute atomic E-state index is 0.216. The van der Waals surface area contributed by atoms with Crippen molar-refractivity contribution in [1.82, 2.24) is 4.90 Å². The molecule has 0 atom stereocenters. The molecule has 1 heterocycles. The predicted molar refractivity (Wildman–Crippen MR) is 81.8 cm³/mol. The maximum Gasteiger partial charge on any atom is 0.309 e. The van der Waals surface area contributed by atoms with E-state index in [-0.39, 0.29) is 21.6 Å². The van der Waals surface area contributed by atoms with Crippen molar-refractivity contribution in [3.8, 4) is 0 Å². The van der Waals surface area contributed by atoms with Crippen LogP contribution < -0.4 is 5.73 Å². The number of nitrogens with zero attached hydrogens (tertiary/aromatic N) is 1. The maximum absolute atomic E-state index is 12.4. The van der Waals surface area contributed by atoms with E-state index < -0.39 is 11.4 Å². The van der Waals surface area contributed by atoms with Gasteiger partial charge < -0.3 is 15.7 Å². The van der Waals surface area contributed by atoms with E-state index in [1.165, 1.54) is 12.1 Å². The lowest BCUT2D eigenvalue weighted by atomic mass is 9.80. The number of halogens is 2. The molecule has 0 aromatic heterocycles. The molecule has 0 bridgehead atoms. The summed E-state index contributed by atoms with van der Waals surface area (Å²) in [6.07, 6.45) is 0.842. The number of carbonyl (C=O) groups excluding carboxylic acids is 1. The van der Waals surface area contributed by atoms with Gasteiger partial charge in [0.15, 0.2) is 0 Å². The number of aliphatic carboxylic acids is 1. The zero-order valence-corrected chi connectivity index (χ0v) is 13.0. The Morgan fingerprint density at radius 3 is 2.14 bits per heavy atom. The first-order valence-corrected chi connectivity index (χ1v) is 7.27. The molecule has 1 fully saturated rings. The van der Waals surface area contributed by atoms with Crippen LogP contribution in [0, 0.1) is 5.41 Å². The number of rotatable bonds is 2. The van der Waals surface area contributed by atoms with Crippen molar-refractivity contribution < 1.29 is 14.7 Å². The van der Waals surface area contributed by atoms with Crippen LogP contribution in [0.3, 0.4) is 0 Å². The molecule has 5 nitrogen and oxygen atoms in total. The molecule has 1 saturated heterocycles. The first-order valence-electron chi connectivity index (χ1n) is 6.52. The number of nitrogens with two attached hydrogens (primary N) is 1. The number of nitrogen functional groups attached to an aromatic ring is 1. The molecule has 0 saturated carbocycles. The Bertz CT molecular complexity index is 573. The highest BCUT2D eigenvalue weighted by atomic mass is 35.5. The van der Waals surface area contributed by atoms with Crippen molar-refractivity contribution >= 4 is 40.8 Å². The summed E-state index contributed by atoms with van der Waals surface area (Å²) >= 11 is 11.9. The summed E-state index contributed by atoms with van der Waals surface area (Å²) < 4.78 is 0. The summed E-state index contributed by atoms with van der Waals surface area (Å²) in [7, 11) is 0. The van der Waals surface area contributed by atoms with Gasteiger partial charge in [-0.05, 0) is 31.9 Å². The van der Waals surface area contributed by atoms with Crippen LogP contribution in [0.1, 0.15) is 30.1 Å². The summed E-state index contributed by atoms with van der Waals surface area (Å²) in [6, 6.07) is 2.96. The number of carbonyl (C=O) groups is 2. The fourth-order valence-corrected chi connectivity index (χ4v) is 2.79. The Morgan fingerprint density at radius 1 is 1.24 bits per heavy atom. The zero-order chi connectivity index (χ0) is 15.8. The highest BCUT2D eigenvalue weighted by Crippen LogP contribution is 2.33. The van der Waals surface area contributed by atoms with Gasteiger partial charge in [-0.1, -0.05) is 23.2 Å². The van der Waals surface area contributed by atoms with E-state index in [1.54, 1.807) is 11.8 Å². The number of amides is 1. The van der Waals surface area contributed by atoms with Crippen molar-refractivity contribution in [1.29, 1.82) is 0 Å². The lowest BCUT2D eigenvalue weighted by Crippen LogP contribution is -2.45. The van der Waals surface area contributed by atoms with Crippen LogP contribution >= 0.6 is 23.2 Å². The molecule has 0 spiro atoms. The van der Waals surface area contributed by atoms with Crippen molar-refractivity contribution in [3.63, 3.8) is 0 Å². The Balaban J connectivity index is 2.14. The van der Waals surface area contributed by atoms with E-state index in [1.807, 2.05) is 0 Å². The van der Waals surface area contributed by atoms with Gasteiger partial charge in [-0.3, -0.25) is 9.59 Å². The molecule has 0 radical (unpaired) electrons. The second-order valence-corrected chi connectivity index (χ2v) is 6.33. The van der Waals surface area contributed by atoms with Crippen LogP contribution in [0.5, 0.6) is 0 Å². The van der Waals surface area contributed by atoms with Crippen molar-refractivity contribution in [3.05, 3.63) is 27.7 Å². The molecular weight excluding hydrogens is 315 g/mol. The Labute approximate surface area is 132 Å². The van der Waals surface area contributed by atoms with Gasteiger partial charge in [0.25, 0.3) is 5.91 Å². The Hall–Kier alpha value is -1.46. The van der Waals surface area contributed by atoms with Gasteiger partial charge in [-0.25, -0.2) is 0 Å². The van der Waals surface area contributed by atoms with E-state index in [2.05, 4.69) is 0 Å². The third-order valence-electron chi connectivity index (χ3n) is 4.00. The summed E-state index contributed by atoms with van der Waals surface area (Å²) in [5, 5.41) is 9.66. The van der Waals surface area contributed by atoms with Gasteiger partial charge in [0.1, 0.15) is 0 Å². The SMILES string of the molecule is CC1(C(=O)O)CCN(C(=O)c2cc(Cl)c(N)c(Cl)c2)CC1. The fraction of sp³-hybridized carbons (Fsp3) is 0.429. The molecule has 114 valence electrons. The van der Waals surface area contributed by atoms with Crippen molar-refractivity contribution in [2.75, 3.05) is 18.8 Å². The summed E-state index contributed by atoms with van der Waals surface area (Å²) in [5.74, 6) is -1.04. The van der Waals surface area contributed by atoms with E-state index in [0.717, 1.165) is 0 Å². The molecule has 21 heavy (non-hydrogen) atoms. The third kappa shape index (κ3) is 3.09. The molecule has 0 unspecified atom stereocenters. The molecule has 1 aliphatic rings. The number of carboxylic acids is 1. The quantitative estimate of drug-likeness (QED) is 0.816. The van der Waals surface area contributed by atoms with Crippen LogP contribution in [0.4, 0.5) is 5.69 Å². The summed E-state index contributed by atoms with van der Waals surface area (Å²) in [6.45, 7) is 2.48. The lowest BCUT2D eigenvalue weighted by molar-refractivity contribution is -0.150. The molecule has 3 N–H and O–H groups in total. The largest absolute Gasteiger partial charge is 0.481 e. The number of hydrogen-bond donors (Lipinski definition) is 2.